The number of rotatable bonds is 3. The van der Waals surface area contributed by atoms with Crippen LogP contribution in [-0.4, -0.2) is 17.0 Å². The maximum absolute atomic E-state index is 4.35. The van der Waals surface area contributed by atoms with Gasteiger partial charge in [0.2, 0.25) is 0 Å². The van der Waals surface area contributed by atoms with E-state index in [1.807, 2.05) is 13.1 Å². The van der Waals surface area contributed by atoms with E-state index in [-0.39, 0.29) is 6.04 Å². The molecule has 1 atom stereocenters. The summed E-state index contributed by atoms with van der Waals surface area (Å²) in [6, 6.07) is 6.34. The fourth-order valence-corrected chi connectivity index (χ4v) is 2.36. The molecule has 1 N–H and O–H groups in total. The minimum absolute atomic E-state index is 0.0804. The molecule has 1 aromatic heterocycles. The van der Waals surface area contributed by atoms with Crippen LogP contribution in [0.4, 0.5) is 0 Å². The molecule has 1 unspecified atom stereocenters. The van der Waals surface area contributed by atoms with Gasteiger partial charge in [-0.15, -0.1) is 0 Å². The van der Waals surface area contributed by atoms with Gasteiger partial charge in [-0.05, 0) is 37.2 Å². The van der Waals surface area contributed by atoms with E-state index < -0.39 is 0 Å². The number of hydrogen-bond acceptors (Lipinski definition) is 3. The maximum Gasteiger partial charge on any atom is 0.0801 e. The van der Waals surface area contributed by atoms with Crippen LogP contribution in [0.2, 0.25) is 0 Å². The molecule has 0 aliphatic rings. The van der Waals surface area contributed by atoms with Gasteiger partial charge in [0.25, 0.3) is 0 Å². The molecule has 0 bridgehead atoms. The summed E-state index contributed by atoms with van der Waals surface area (Å²) < 4.78 is 1.09. The van der Waals surface area contributed by atoms with Crippen molar-refractivity contribution < 1.29 is 0 Å². The molecule has 0 amide bonds. The first-order chi connectivity index (χ1) is 8.22. The lowest BCUT2D eigenvalue weighted by molar-refractivity contribution is 0.663. The van der Waals surface area contributed by atoms with E-state index in [1.165, 1.54) is 11.1 Å². The van der Waals surface area contributed by atoms with E-state index in [2.05, 4.69) is 50.3 Å². The Labute approximate surface area is 109 Å². The van der Waals surface area contributed by atoms with E-state index in [4.69, 9.17) is 0 Å². The van der Waals surface area contributed by atoms with Gasteiger partial charge in [0.1, 0.15) is 0 Å². The van der Waals surface area contributed by atoms with Gasteiger partial charge in [-0.1, -0.05) is 22.0 Å². The molecule has 0 aliphatic heterocycles. The van der Waals surface area contributed by atoms with E-state index in [0.717, 1.165) is 10.2 Å². The molecule has 3 nitrogen and oxygen atoms in total. The molecule has 17 heavy (non-hydrogen) atoms. The molecule has 0 aliphatic carbocycles. The number of benzene rings is 1. The number of halogens is 1. The molecular weight excluding hydrogens is 278 g/mol. The molecule has 88 valence electrons. The smallest absolute Gasteiger partial charge is 0.0801 e. The lowest BCUT2D eigenvalue weighted by Gasteiger charge is -2.18. The highest BCUT2D eigenvalue weighted by molar-refractivity contribution is 9.10. The summed E-state index contributed by atoms with van der Waals surface area (Å²) in [5.74, 6) is 0. The Morgan fingerprint density at radius 1 is 1.29 bits per heavy atom. The average Bonchev–Trinajstić information content (AvgIpc) is 2.34. The second-order valence-corrected chi connectivity index (χ2v) is 4.77. The van der Waals surface area contributed by atoms with Crippen LogP contribution in [0.5, 0.6) is 0 Å². The number of nitrogens with one attached hydrogen (secondary N) is 1. The fourth-order valence-electron chi connectivity index (χ4n) is 1.89. The van der Waals surface area contributed by atoms with Crippen LogP contribution in [0.25, 0.3) is 0 Å². The molecule has 2 rings (SSSR count). The van der Waals surface area contributed by atoms with Crippen LogP contribution in [0.15, 0.2) is 41.3 Å². The van der Waals surface area contributed by atoms with Gasteiger partial charge >= 0.3 is 0 Å². The first-order valence-electron chi connectivity index (χ1n) is 5.41. The van der Waals surface area contributed by atoms with Gasteiger partial charge in [-0.2, -0.15) is 0 Å². The van der Waals surface area contributed by atoms with Crippen LogP contribution in [0, 0.1) is 6.92 Å². The highest BCUT2D eigenvalue weighted by Crippen LogP contribution is 2.25. The molecule has 4 heteroatoms. The van der Waals surface area contributed by atoms with Crippen molar-refractivity contribution in [2.45, 2.75) is 13.0 Å². The first kappa shape index (κ1) is 12.2. The summed E-state index contributed by atoms with van der Waals surface area (Å²) in [6.45, 7) is 2.10. The van der Waals surface area contributed by atoms with Crippen molar-refractivity contribution in [2.24, 2.45) is 0 Å². The standard InChI is InChI=1S/C13H14BrN3/c1-9-7-10(14)3-4-11(9)13(15-2)12-8-16-5-6-17-12/h3-8,13,15H,1-2H3. The van der Waals surface area contributed by atoms with Crippen molar-refractivity contribution in [1.29, 1.82) is 0 Å². The molecule has 0 saturated heterocycles. The minimum Gasteiger partial charge on any atom is -0.308 e. The van der Waals surface area contributed by atoms with E-state index in [0.29, 0.717) is 0 Å². The van der Waals surface area contributed by atoms with E-state index in [1.54, 1.807) is 18.6 Å². The fraction of sp³-hybridized carbons (Fsp3) is 0.231. The largest absolute Gasteiger partial charge is 0.308 e. The highest BCUT2D eigenvalue weighted by atomic mass is 79.9. The number of nitrogens with zero attached hydrogens (tertiary/aromatic N) is 2. The van der Waals surface area contributed by atoms with Crippen LogP contribution in [0.1, 0.15) is 22.9 Å². The van der Waals surface area contributed by atoms with Gasteiger partial charge in [-0.25, -0.2) is 0 Å². The Balaban J connectivity index is 2.42. The summed E-state index contributed by atoms with van der Waals surface area (Å²) >= 11 is 3.48. The summed E-state index contributed by atoms with van der Waals surface area (Å²) in [6.07, 6.45) is 5.20. The second-order valence-electron chi connectivity index (χ2n) is 3.85. The van der Waals surface area contributed by atoms with Crippen LogP contribution in [-0.2, 0) is 0 Å². The molecule has 2 aromatic rings. The number of aryl methyl sites for hydroxylation is 1. The zero-order valence-electron chi connectivity index (χ0n) is 9.81. The molecule has 0 fully saturated rings. The molecule has 0 spiro atoms. The quantitative estimate of drug-likeness (QED) is 0.945. The highest BCUT2D eigenvalue weighted by Gasteiger charge is 2.15. The number of hydrogen-bond donors (Lipinski definition) is 1. The molecule has 0 radical (unpaired) electrons. The van der Waals surface area contributed by atoms with Crippen LogP contribution < -0.4 is 5.32 Å². The molecule has 1 heterocycles. The van der Waals surface area contributed by atoms with Crippen molar-refractivity contribution >= 4 is 15.9 Å². The maximum atomic E-state index is 4.35. The van der Waals surface area contributed by atoms with E-state index >= 15 is 0 Å². The topological polar surface area (TPSA) is 37.8 Å². The zero-order chi connectivity index (χ0) is 12.3. The van der Waals surface area contributed by atoms with Gasteiger partial charge in [0, 0.05) is 16.9 Å². The molecular formula is C13H14BrN3. The van der Waals surface area contributed by atoms with Crippen molar-refractivity contribution in [3.63, 3.8) is 0 Å². The lowest BCUT2D eigenvalue weighted by Crippen LogP contribution is -2.20. The van der Waals surface area contributed by atoms with Gasteiger partial charge in [0.15, 0.2) is 0 Å². The van der Waals surface area contributed by atoms with Gasteiger partial charge in [0.05, 0.1) is 17.9 Å². The van der Waals surface area contributed by atoms with Crippen molar-refractivity contribution in [3.05, 3.63) is 58.1 Å². The third kappa shape index (κ3) is 2.70. The van der Waals surface area contributed by atoms with Gasteiger partial charge < -0.3 is 5.32 Å². The Bertz CT molecular complexity index is 499. The van der Waals surface area contributed by atoms with Crippen molar-refractivity contribution in [1.82, 2.24) is 15.3 Å². The normalized spacial score (nSPS) is 12.4. The third-order valence-corrected chi connectivity index (χ3v) is 3.20. The zero-order valence-corrected chi connectivity index (χ0v) is 11.4. The summed E-state index contributed by atoms with van der Waals surface area (Å²) in [5, 5.41) is 3.28. The van der Waals surface area contributed by atoms with Crippen molar-refractivity contribution in [3.8, 4) is 0 Å². The summed E-state index contributed by atoms with van der Waals surface area (Å²) in [7, 11) is 1.93. The second kappa shape index (κ2) is 5.38. The Morgan fingerprint density at radius 2 is 2.12 bits per heavy atom. The molecule has 1 aromatic carbocycles. The van der Waals surface area contributed by atoms with Crippen LogP contribution in [0.3, 0.4) is 0 Å². The predicted molar refractivity (Wildman–Crippen MR) is 71.8 cm³/mol. The molecule has 0 saturated carbocycles. The summed E-state index contributed by atoms with van der Waals surface area (Å²) in [5.41, 5.74) is 3.38. The predicted octanol–water partition coefficient (Wildman–Crippen LogP) is 2.86. The van der Waals surface area contributed by atoms with E-state index in [9.17, 15) is 0 Å². The Hall–Kier alpha value is -1.26. The van der Waals surface area contributed by atoms with Crippen molar-refractivity contribution in [2.75, 3.05) is 7.05 Å². The first-order valence-corrected chi connectivity index (χ1v) is 6.21. The Kier molecular flexibility index (Phi) is 3.86. The monoisotopic (exact) mass is 291 g/mol. The average molecular weight is 292 g/mol. The van der Waals surface area contributed by atoms with Crippen LogP contribution >= 0.6 is 15.9 Å². The SMILES string of the molecule is CNC(c1cnccn1)c1ccc(Br)cc1C. The van der Waals surface area contributed by atoms with Gasteiger partial charge in [-0.3, -0.25) is 9.97 Å². The number of aromatic nitrogens is 2. The summed E-state index contributed by atoms with van der Waals surface area (Å²) in [4.78, 5) is 8.47. The lowest BCUT2D eigenvalue weighted by atomic mass is 9.99. The third-order valence-electron chi connectivity index (χ3n) is 2.71. The minimum atomic E-state index is 0.0804. The Morgan fingerprint density at radius 3 is 2.71 bits per heavy atom.